The maximum Gasteiger partial charge on any atom is 0.323 e. The lowest BCUT2D eigenvalue weighted by Gasteiger charge is -2.34. The molecule has 7 nitrogen and oxygen atoms in total. The molecular weight excluding hydrogens is 368 g/mol. The summed E-state index contributed by atoms with van der Waals surface area (Å²) in [5, 5.41) is 8.38. The van der Waals surface area contributed by atoms with Gasteiger partial charge in [0.05, 0.1) is 0 Å². The van der Waals surface area contributed by atoms with Crippen LogP contribution in [0.25, 0.3) is 0 Å². The number of amides is 4. The Morgan fingerprint density at radius 1 is 0.897 bits per heavy atom. The fourth-order valence-electron chi connectivity index (χ4n) is 3.42. The number of anilines is 3. The SMILES string of the molecule is CCC(=O)N1CCCC[C@@H]1C(=O)Nc1cccc(NC(=O)Nc2ccccc2)c1. The number of nitrogens with zero attached hydrogens (tertiary/aromatic N) is 1. The van der Waals surface area contributed by atoms with Crippen LogP contribution in [-0.4, -0.2) is 35.3 Å². The predicted octanol–water partition coefficient (Wildman–Crippen LogP) is 4.06. The average Bonchev–Trinajstić information content (AvgIpc) is 2.74. The van der Waals surface area contributed by atoms with Gasteiger partial charge in [0.1, 0.15) is 6.04 Å². The number of benzene rings is 2. The smallest absolute Gasteiger partial charge is 0.323 e. The zero-order chi connectivity index (χ0) is 20.6. The molecule has 0 saturated carbocycles. The Morgan fingerprint density at radius 3 is 2.28 bits per heavy atom. The number of nitrogens with one attached hydrogen (secondary N) is 3. The third kappa shape index (κ3) is 5.57. The van der Waals surface area contributed by atoms with Crippen molar-refractivity contribution in [3.63, 3.8) is 0 Å². The van der Waals surface area contributed by atoms with Gasteiger partial charge < -0.3 is 20.9 Å². The Hall–Kier alpha value is -3.35. The van der Waals surface area contributed by atoms with E-state index < -0.39 is 6.04 Å². The lowest BCUT2D eigenvalue weighted by molar-refractivity contribution is -0.140. The van der Waals surface area contributed by atoms with Crippen LogP contribution in [0.1, 0.15) is 32.6 Å². The Balaban J connectivity index is 1.62. The number of rotatable bonds is 5. The van der Waals surface area contributed by atoms with Crippen molar-refractivity contribution in [3.8, 4) is 0 Å². The van der Waals surface area contributed by atoms with Crippen molar-refractivity contribution in [3.05, 3.63) is 54.6 Å². The van der Waals surface area contributed by atoms with Gasteiger partial charge in [0.25, 0.3) is 0 Å². The number of carbonyl (C=O) groups excluding carboxylic acids is 3. The van der Waals surface area contributed by atoms with Gasteiger partial charge in [0.15, 0.2) is 0 Å². The predicted molar refractivity (Wildman–Crippen MR) is 114 cm³/mol. The average molecular weight is 394 g/mol. The van der Waals surface area contributed by atoms with E-state index >= 15 is 0 Å². The summed E-state index contributed by atoms with van der Waals surface area (Å²) >= 11 is 0. The van der Waals surface area contributed by atoms with E-state index in [0.717, 1.165) is 12.8 Å². The highest BCUT2D eigenvalue weighted by Crippen LogP contribution is 2.21. The van der Waals surface area contributed by atoms with Crippen molar-refractivity contribution in [2.24, 2.45) is 0 Å². The first-order valence-electron chi connectivity index (χ1n) is 9.90. The molecule has 1 fully saturated rings. The van der Waals surface area contributed by atoms with E-state index in [0.29, 0.717) is 36.4 Å². The standard InChI is InChI=1S/C22H26N4O3/c1-2-20(27)26-14-7-6-13-19(26)21(28)23-17-11-8-12-18(15-17)25-22(29)24-16-9-4-3-5-10-16/h3-5,8-12,15,19H,2,6-7,13-14H2,1H3,(H,23,28)(H2,24,25,29)/t19-/m1/s1. The molecule has 29 heavy (non-hydrogen) atoms. The van der Waals surface area contributed by atoms with Crippen molar-refractivity contribution < 1.29 is 14.4 Å². The molecule has 7 heteroatoms. The molecule has 2 aromatic carbocycles. The topological polar surface area (TPSA) is 90.5 Å². The van der Waals surface area contributed by atoms with Crippen LogP contribution in [0.2, 0.25) is 0 Å². The van der Waals surface area contributed by atoms with Crippen LogP contribution in [0.5, 0.6) is 0 Å². The van der Waals surface area contributed by atoms with Gasteiger partial charge in [0.2, 0.25) is 11.8 Å². The van der Waals surface area contributed by atoms with Gasteiger partial charge >= 0.3 is 6.03 Å². The monoisotopic (exact) mass is 394 g/mol. The lowest BCUT2D eigenvalue weighted by atomic mass is 10.0. The van der Waals surface area contributed by atoms with Crippen molar-refractivity contribution in [1.82, 2.24) is 4.90 Å². The Morgan fingerprint density at radius 2 is 1.55 bits per heavy atom. The summed E-state index contributed by atoms with van der Waals surface area (Å²) in [6.07, 6.45) is 2.90. The van der Waals surface area contributed by atoms with E-state index in [1.54, 1.807) is 41.3 Å². The molecule has 0 spiro atoms. The van der Waals surface area contributed by atoms with Crippen molar-refractivity contribution in [2.75, 3.05) is 22.5 Å². The van der Waals surface area contributed by atoms with Crippen LogP contribution in [-0.2, 0) is 9.59 Å². The van der Waals surface area contributed by atoms with Crippen LogP contribution >= 0.6 is 0 Å². The second-order valence-electron chi connectivity index (χ2n) is 6.97. The highest BCUT2D eigenvalue weighted by Gasteiger charge is 2.31. The van der Waals surface area contributed by atoms with Crippen LogP contribution < -0.4 is 16.0 Å². The largest absolute Gasteiger partial charge is 0.331 e. The highest BCUT2D eigenvalue weighted by molar-refractivity contribution is 6.01. The van der Waals surface area contributed by atoms with E-state index in [9.17, 15) is 14.4 Å². The fraction of sp³-hybridized carbons (Fsp3) is 0.318. The van der Waals surface area contributed by atoms with E-state index in [4.69, 9.17) is 0 Å². The minimum absolute atomic E-state index is 0.00199. The Bertz CT molecular complexity index is 869. The van der Waals surface area contributed by atoms with Crippen molar-refractivity contribution in [1.29, 1.82) is 0 Å². The molecule has 1 atom stereocenters. The van der Waals surface area contributed by atoms with E-state index in [-0.39, 0.29) is 17.8 Å². The molecule has 3 N–H and O–H groups in total. The van der Waals surface area contributed by atoms with Gasteiger partial charge in [-0.25, -0.2) is 4.79 Å². The molecule has 4 amide bonds. The summed E-state index contributed by atoms with van der Waals surface area (Å²) in [6.45, 7) is 2.42. The second kappa shape index (κ2) is 9.73. The van der Waals surface area contributed by atoms with Crippen LogP contribution in [0.3, 0.4) is 0 Å². The molecule has 0 aliphatic carbocycles. The molecule has 1 heterocycles. The van der Waals surface area contributed by atoms with E-state index in [1.807, 2.05) is 25.1 Å². The molecule has 0 bridgehead atoms. The van der Waals surface area contributed by atoms with Gasteiger partial charge in [-0.3, -0.25) is 9.59 Å². The summed E-state index contributed by atoms with van der Waals surface area (Å²) in [5.74, 6) is -0.199. The van der Waals surface area contributed by atoms with E-state index in [2.05, 4.69) is 16.0 Å². The quantitative estimate of drug-likeness (QED) is 0.714. The Labute approximate surface area is 170 Å². The second-order valence-corrected chi connectivity index (χ2v) is 6.97. The molecular formula is C22H26N4O3. The first-order chi connectivity index (χ1) is 14.1. The zero-order valence-corrected chi connectivity index (χ0v) is 16.5. The number of hydrogen-bond donors (Lipinski definition) is 3. The molecule has 1 aliphatic heterocycles. The van der Waals surface area contributed by atoms with Crippen molar-refractivity contribution >= 4 is 34.9 Å². The van der Waals surface area contributed by atoms with E-state index in [1.165, 1.54) is 0 Å². The molecule has 1 saturated heterocycles. The lowest BCUT2D eigenvalue weighted by Crippen LogP contribution is -2.49. The summed E-state index contributed by atoms with van der Waals surface area (Å²) in [5.41, 5.74) is 1.82. The summed E-state index contributed by atoms with van der Waals surface area (Å²) < 4.78 is 0. The minimum atomic E-state index is -0.450. The molecule has 0 aromatic heterocycles. The normalized spacial score (nSPS) is 16.0. The number of para-hydroxylation sites is 1. The molecule has 152 valence electrons. The number of carbonyl (C=O) groups is 3. The molecule has 0 radical (unpaired) electrons. The summed E-state index contributed by atoms with van der Waals surface area (Å²) in [6, 6.07) is 15.3. The fourth-order valence-corrected chi connectivity index (χ4v) is 3.42. The first kappa shape index (κ1) is 20.4. The van der Waals surface area contributed by atoms with Crippen LogP contribution in [0.15, 0.2) is 54.6 Å². The minimum Gasteiger partial charge on any atom is -0.331 e. The molecule has 2 aromatic rings. The van der Waals surface area contributed by atoms with Gasteiger partial charge in [-0.15, -0.1) is 0 Å². The zero-order valence-electron chi connectivity index (χ0n) is 16.5. The molecule has 1 aliphatic rings. The number of likely N-dealkylation sites (tertiary alicyclic amines) is 1. The Kier molecular flexibility index (Phi) is 6.84. The number of hydrogen-bond acceptors (Lipinski definition) is 3. The van der Waals surface area contributed by atoms with Crippen LogP contribution in [0.4, 0.5) is 21.9 Å². The third-order valence-corrected chi connectivity index (χ3v) is 4.85. The summed E-state index contributed by atoms with van der Waals surface area (Å²) in [7, 11) is 0. The maximum absolute atomic E-state index is 12.8. The first-order valence-corrected chi connectivity index (χ1v) is 9.90. The molecule has 0 unspecified atom stereocenters. The third-order valence-electron chi connectivity index (χ3n) is 4.85. The molecule has 3 rings (SSSR count). The number of urea groups is 1. The number of piperidine rings is 1. The van der Waals surface area contributed by atoms with Gasteiger partial charge in [-0.05, 0) is 49.6 Å². The highest BCUT2D eigenvalue weighted by atomic mass is 16.2. The van der Waals surface area contributed by atoms with Gasteiger partial charge in [-0.2, -0.15) is 0 Å². The summed E-state index contributed by atoms with van der Waals surface area (Å²) in [4.78, 5) is 38.8. The maximum atomic E-state index is 12.8. The van der Waals surface area contributed by atoms with Gasteiger partial charge in [0, 0.05) is 30.0 Å². The van der Waals surface area contributed by atoms with Crippen LogP contribution in [0, 0.1) is 0 Å². The van der Waals surface area contributed by atoms with Crippen molar-refractivity contribution in [2.45, 2.75) is 38.6 Å². The van der Waals surface area contributed by atoms with Gasteiger partial charge in [-0.1, -0.05) is 31.2 Å².